The van der Waals surface area contributed by atoms with E-state index in [0.29, 0.717) is 16.0 Å². The zero-order valence-electron chi connectivity index (χ0n) is 18.7. The Hall–Kier alpha value is -2.35. The van der Waals surface area contributed by atoms with Gasteiger partial charge in [0, 0.05) is 42.4 Å². The average molecular weight is 486 g/mol. The highest BCUT2D eigenvalue weighted by Gasteiger charge is 2.36. The van der Waals surface area contributed by atoms with Crippen molar-refractivity contribution < 1.29 is 0 Å². The number of aromatic amines is 1. The molecule has 4 heterocycles. The Morgan fingerprint density at radius 2 is 2.03 bits per heavy atom. The molecule has 2 fully saturated rings. The molecule has 0 spiro atoms. The topological polar surface area (TPSA) is 73.0 Å². The number of H-pyrrole nitrogens is 1. The quantitative estimate of drug-likeness (QED) is 0.488. The van der Waals surface area contributed by atoms with Gasteiger partial charge in [-0.25, -0.2) is 4.98 Å². The summed E-state index contributed by atoms with van der Waals surface area (Å²) < 4.78 is 0. The second-order valence-electron chi connectivity index (χ2n) is 9.16. The number of rotatable bonds is 7. The van der Waals surface area contributed by atoms with Crippen molar-refractivity contribution in [3.05, 3.63) is 64.2 Å². The second kappa shape index (κ2) is 9.87. The van der Waals surface area contributed by atoms with E-state index in [-0.39, 0.29) is 6.04 Å². The number of nitrogens with zero attached hydrogens (tertiary/aromatic N) is 5. The number of nitrogens with one attached hydrogen (secondary N) is 2. The first-order valence-corrected chi connectivity index (χ1v) is 12.3. The predicted octanol–water partition coefficient (Wildman–Crippen LogP) is 5.03. The van der Waals surface area contributed by atoms with E-state index in [1.165, 1.54) is 12.8 Å². The van der Waals surface area contributed by atoms with Crippen LogP contribution in [-0.4, -0.2) is 51.2 Å². The molecular weight excluding hydrogens is 457 g/mol. The maximum Gasteiger partial charge on any atom is 0.149 e. The van der Waals surface area contributed by atoms with Gasteiger partial charge in [0.05, 0.1) is 24.1 Å². The van der Waals surface area contributed by atoms with Gasteiger partial charge >= 0.3 is 0 Å². The summed E-state index contributed by atoms with van der Waals surface area (Å²) in [4.78, 5) is 14.1. The molecule has 9 heteroatoms. The third-order valence-corrected chi connectivity index (χ3v) is 7.36. The van der Waals surface area contributed by atoms with E-state index in [1.54, 1.807) is 12.3 Å². The highest BCUT2D eigenvalue weighted by atomic mass is 35.5. The van der Waals surface area contributed by atoms with Crippen LogP contribution in [0.4, 0.5) is 11.6 Å². The highest BCUT2D eigenvalue weighted by Crippen LogP contribution is 2.34. The lowest BCUT2D eigenvalue weighted by atomic mass is 9.80. The normalized spacial score (nSPS) is 20.5. The van der Waals surface area contributed by atoms with Gasteiger partial charge in [-0.1, -0.05) is 29.3 Å². The highest BCUT2D eigenvalue weighted by molar-refractivity contribution is 6.35. The van der Waals surface area contributed by atoms with E-state index in [0.717, 1.165) is 61.5 Å². The Bertz CT molecular complexity index is 1070. The molecule has 7 nitrogen and oxygen atoms in total. The van der Waals surface area contributed by atoms with Gasteiger partial charge in [0.15, 0.2) is 0 Å². The van der Waals surface area contributed by atoms with Crippen molar-refractivity contribution in [2.75, 3.05) is 36.4 Å². The fourth-order valence-electron chi connectivity index (χ4n) is 4.96. The first-order valence-electron chi connectivity index (χ1n) is 11.5. The number of aromatic nitrogens is 4. The van der Waals surface area contributed by atoms with Crippen molar-refractivity contribution >= 4 is 34.8 Å². The standard InChI is InChI=1S/C24H29Cl2N7/c1-16(21-5-4-19(25)9-22(21)26)29-23-10-27-11-24(30-23)33-13-18(14-33)17-3-2-8-32(12-17)15-20-6-7-28-31-20/h4-7,9-11,16-18H,2-3,8,12-15H2,1H3,(H,28,31)(H,29,30)/t16-,17-/m1/s1. The summed E-state index contributed by atoms with van der Waals surface area (Å²) in [6.45, 7) is 7.38. The molecule has 174 valence electrons. The largest absolute Gasteiger partial charge is 0.362 e. The first kappa shape index (κ1) is 22.4. The molecule has 0 aliphatic carbocycles. The van der Waals surface area contributed by atoms with E-state index in [2.05, 4.69) is 43.3 Å². The summed E-state index contributed by atoms with van der Waals surface area (Å²) >= 11 is 12.4. The molecule has 0 amide bonds. The first-order chi connectivity index (χ1) is 16.0. The van der Waals surface area contributed by atoms with Crippen molar-refractivity contribution in [3.8, 4) is 0 Å². The van der Waals surface area contributed by atoms with Crippen molar-refractivity contribution in [2.24, 2.45) is 11.8 Å². The molecule has 2 aliphatic rings. The third-order valence-electron chi connectivity index (χ3n) is 6.80. The van der Waals surface area contributed by atoms with Gasteiger partial charge in [-0.15, -0.1) is 0 Å². The van der Waals surface area contributed by atoms with Crippen molar-refractivity contribution in [1.82, 2.24) is 25.1 Å². The number of benzene rings is 1. The van der Waals surface area contributed by atoms with Gasteiger partial charge in [-0.2, -0.15) is 5.10 Å². The van der Waals surface area contributed by atoms with E-state index < -0.39 is 0 Å². The summed E-state index contributed by atoms with van der Waals surface area (Å²) in [5.41, 5.74) is 2.11. The van der Waals surface area contributed by atoms with Crippen LogP contribution in [0.25, 0.3) is 0 Å². The number of halogens is 2. The molecule has 33 heavy (non-hydrogen) atoms. The number of piperidine rings is 1. The summed E-state index contributed by atoms with van der Waals surface area (Å²) in [6, 6.07) is 7.62. The summed E-state index contributed by atoms with van der Waals surface area (Å²) in [5.74, 6) is 3.11. The van der Waals surface area contributed by atoms with Crippen LogP contribution in [-0.2, 0) is 6.54 Å². The molecule has 2 aromatic heterocycles. The van der Waals surface area contributed by atoms with E-state index in [4.69, 9.17) is 28.2 Å². The molecule has 2 aliphatic heterocycles. The minimum absolute atomic E-state index is 0.00815. The van der Waals surface area contributed by atoms with Crippen LogP contribution >= 0.6 is 23.2 Å². The lowest BCUT2D eigenvalue weighted by molar-refractivity contribution is 0.113. The lowest BCUT2D eigenvalue weighted by Crippen LogP contribution is -2.53. The number of hydrogen-bond donors (Lipinski definition) is 2. The lowest BCUT2D eigenvalue weighted by Gasteiger charge is -2.47. The average Bonchev–Trinajstić information content (AvgIpc) is 3.26. The van der Waals surface area contributed by atoms with E-state index >= 15 is 0 Å². The number of likely N-dealkylation sites (tertiary alicyclic amines) is 1. The zero-order chi connectivity index (χ0) is 22.8. The zero-order valence-corrected chi connectivity index (χ0v) is 20.2. The Morgan fingerprint density at radius 3 is 2.82 bits per heavy atom. The van der Waals surface area contributed by atoms with Crippen LogP contribution in [0.2, 0.25) is 10.0 Å². The Kier molecular flexibility index (Phi) is 6.71. The number of anilines is 2. The molecule has 5 rings (SSSR count). The molecular formula is C24H29Cl2N7. The van der Waals surface area contributed by atoms with Crippen LogP contribution in [0.3, 0.4) is 0 Å². The maximum absolute atomic E-state index is 6.37. The fraction of sp³-hybridized carbons (Fsp3) is 0.458. The van der Waals surface area contributed by atoms with Crippen LogP contribution < -0.4 is 10.2 Å². The monoisotopic (exact) mass is 485 g/mol. The molecule has 2 N–H and O–H groups in total. The van der Waals surface area contributed by atoms with Crippen LogP contribution in [0, 0.1) is 11.8 Å². The fourth-order valence-corrected chi connectivity index (χ4v) is 5.53. The molecule has 0 bridgehead atoms. The van der Waals surface area contributed by atoms with Gasteiger partial charge in [-0.05, 0) is 61.9 Å². The molecule has 1 aromatic carbocycles. The molecule has 0 unspecified atom stereocenters. The summed E-state index contributed by atoms with van der Waals surface area (Å²) in [7, 11) is 0. The van der Waals surface area contributed by atoms with Gasteiger partial charge in [-0.3, -0.25) is 15.0 Å². The van der Waals surface area contributed by atoms with Gasteiger partial charge in [0.1, 0.15) is 11.6 Å². The van der Waals surface area contributed by atoms with Crippen molar-refractivity contribution in [2.45, 2.75) is 32.4 Å². The van der Waals surface area contributed by atoms with Crippen molar-refractivity contribution in [3.63, 3.8) is 0 Å². The Labute approximate surface area is 204 Å². The molecule has 0 radical (unpaired) electrons. The van der Waals surface area contributed by atoms with Crippen LogP contribution in [0.1, 0.15) is 37.1 Å². The molecule has 2 atom stereocenters. The minimum atomic E-state index is -0.00815. The smallest absolute Gasteiger partial charge is 0.149 e. The van der Waals surface area contributed by atoms with Gasteiger partial charge in [0.2, 0.25) is 0 Å². The Morgan fingerprint density at radius 1 is 1.15 bits per heavy atom. The SMILES string of the molecule is C[C@@H](Nc1cncc(N2CC([C@@H]3CCCN(Cc4cc[nH]n4)C3)C2)n1)c1ccc(Cl)cc1Cl. The predicted molar refractivity (Wildman–Crippen MR) is 133 cm³/mol. The molecule has 3 aromatic rings. The molecule has 0 saturated carbocycles. The maximum atomic E-state index is 6.37. The third kappa shape index (κ3) is 5.26. The molecule has 2 saturated heterocycles. The van der Waals surface area contributed by atoms with Gasteiger partial charge < -0.3 is 10.2 Å². The van der Waals surface area contributed by atoms with E-state index in [1.807, 2.05) is 24.5 Å². The van der Waals surface area contributed by atoms with Crippen LogP contribution in [0.5, 0.6) is 0 Å². The second-order valence-corrected chi connectivity index (χ2v) is 10.0. The Balaban J connectivity index is 1.16. The van der Waals surface area contributed by atoms with Crippen molar-refractivity contribution in [1.29, 1.82) is 0 Å². The van der Waals surface area contributed by atoms with E-state index in [9.17, 15) is 0 Å². The van der Waals surface area contributed by atoms with Crippen LogP contribution in [0.15, 0.2) is 42.9 Å². The number of hydrogen-bond acceptors (Lipinski definition) is 6. The summed E-state index contributed by atoms with van der Waals surface area (Å²) in [5, 5.41) is 11.9. The minimum Gasteiger partial charge on any atom is -0.362 e. The van der Waals surface area contributed by atoms with Gasteiger partial charge in [0.25, 0.3) is 0 Å². The summed E-state index contributed by atoms with van der Waals surface area (Å²) in [6.07, 6.45) is 8.08.